The molecule has 8 heteroatoms. The van der Waals surface area contributed by atoms with Crippen molar-refractivity contribution < 1.29 is 28.9 Å². The van der Waals surface area contributed by atoms with Gasteiger partial charge in [0.2, 0.25) is 0 Å². The van der Waals surface area contributed by atoms with Gasteiger partial charge in [-0.25, -0.2) is 0 Å². The van der Waals surface area contributed by atoms with Gasteiger partial charge in [-0.05, 0) is 42.6 Å². The molecule has 0 bridgehead atoms. The summed E-state index contributed by atoms with van der Waals surface area (Å²) in [5.74, 6) is -1.25. The van der Waals surface area contributed by atoms with Crippen molar-refractivity contribution in [3.05, 3.63) is 85.1 Å². The molecule has 0 N–H and O–H groups in total. The van der Waals surface area contributed by atoms with Crippen LogP contribution in [0.5, 0.6) is 0 Å². The van der Waals surface area contributed by atoms with E-state index >= 15 is 0 Å². The van der Waals surface area contributed by atoms with E-state index in [0.717, 1.165) is 23.5 Å². The molecule has 1 aromatic carbocycles. The van der Waals surface area contributed by atoms with Crippen LogP contribution in [0.3, 0.4) is 0 Å². The molecule has 0 radical (unpaired) electrons. The molecule has 0 spiro atoms. The third-order valence-electron chi connectivity index (χ3n) is 4.22. The van der Waals surface area contributed by atoms with Gasteiger partial charge < -0.3 is 20.0 Å². The number of hydrogen-bond donors (Lipinski definition) is 0. The van der Waals surface area contributed by atoms with Gasteiger partial charge in [0.15, 0.2) is 0 Å². The number of halogens is 2. The largest absolute Gasteiger partial charge is 3.00 e. The number of aromatic nitrogens is 3. The smallest absolute Gasteiger partial charge is 0.574 e. The van der Waals surface area contributed by atoms with Crippen molar-refractivity contribution in [2.75, 3.05) is 11.9 Å². The van der Waals surface area contributed by atoms with Gasteiger partial charge >= 0.3 is 20.1 Å². The summed E-state index contributed by atoms with van der Waals surface area (Å²) in [7, 11) is 1.82. The second kappa shape index (κ2) is 9.96. The third-order valence-corrected chi connectivity index (χ3v) is 4.22. The van der Waals surface area contributed by atoms with Crippen molar-refractivity contribution in [3.8, 4) is 11.4 Å². The second-order valence-corrected chi connectivity index (χ2v) is 7.60. The zero-order valence-corrected chi connectivity index (χ0v) is 19.5. The average Bonchev–Trinajstić information content (AvgIpc) is 3.34. The Kier molecular flexibility index (Phi) is 7.87. The molecule has 0 fully saturated rings. The second-order valence-electron chi connectivity index (χ2n) is 7.60. The van der Waals surface area contributed by atoms with Crippen LogP contribution in [0.15, 0.2) is 55.1 Å². The van der Waals surface area contributed by atoms with Gasteiger partial charge in [-0.1, -0.05) is 38.2 Å². The zero-order chi connectivity index (χ0) is 21.0. The maximum absolute atomic E-state index is 13.2. The molecule has 158 valence electrons. The van der Waals surface area contributed by atoms with Crippen LogP contribution < -0.4 is 10.00 Å². The van der Waals surface area contributed by atoms with Gasteiger partial charge in [0.1, 0.15) is 0 Å². The first-order valence-corrected chi connectivity index (χ1v) is 9.05. The monoisotopic (exact) mass is 587 g/mol. The maximum Gasteiger partial charge on any atom is 3.00 e. The van der Waals surface area contributed by atoms with E-state index in [2.05, 4.69) is 48.1 Å². The summed E-state index contributed by atoms with van der Waals surface area (Å²) in [5.41, 5.74) is 3.33. The molecule has 0 unspecified atom stereocenters. The molecule has 4 rings (SSSR count). The van der Waals surface area contributed by atoms with E-state index in [1.807, 2.05) is 25.4 Å². The van der Waals surface area contributed by atoms with Gasteiger partial charge in [0, 0.05) is 29.7 Å². The maximum atomic E-state index is 13.2. The predicted octanol–water partition coefficient (Wildman–Crippen LogP) is 4.50. The van der Waals surface area contributed by atoms with Crippen LogP contribution in [0.25, 0.3) is 11.4 Å². The van der Waals surface area contributed by atoms with Crippen LogP contribution in [0.2, 0.25) is 0 Å². The van der Waals surface area contributed by atoms with E-state index in [1.165, 1.54) is 10.5 Å². The molecule has 0 amide bonds. The van der Waals surface area contributed by atoms with Gasteiger partial charge in [-0.15, -0.1) is 12.1 Å². The summed E-state index contributed by atoms with van der Waals surface area (Å²) in [4.78, 5) is 7.59. The van der Waals surface area contributed by atoms with E-state index in [0.29, 0.717) is 0 Å². The quantitative estimate of drug-likeness (QED) is 0.414. The summed E-state index contributed by atoms with van der Waals surface area (Å²) < 4.78 is 25.8. The number of benzene rings is 1. The third kappa shape index (κ3) is 5.97. The predicted molar refractivity (Wildman–Crippen MR) is 108 cm³/mol. The normalized spacial score (nSPS) is 13.0. The summed E-state index contributed by atoms with van der Waals surface area (Å²) >= 11 is 0. The molecule has 1 aliphatic rings. The van der Waals surface area contributed by atoms with Crippen molar-refractivity contribution in [2.24, 2.45) is 0 Å². The van der Waals surface area contributed by atoms with E-state index < -0.39 is 11.6 Å². The van der Waals surface area contributed by atoms with Crippen LogP contribution in [0.4, 0.5) is 14.5 Å². The molecular weight excluding hydrogens is 564 g/mol. The Labute approximate surface area is 189 Å². The Morgan fingerprint density at radius 1 is 1.10 bits per heavy atom. The minimum atomic E-state index is -0.624. The van der Waals surface area contributed by atoms with Crippen LogP contribution in [-0.4, -0.2) is 22.0 Å². The number of rotatable bonds is 2. The van der Waals surface area contributed by atoms with Crippen LogP contribution in [0.1, 0.15) is 26.3 Å². The Morgan fingerprint density at radius 3 is 2.43 bits per heavy atom. The molecule has 0 saturated heterocycles. The van der Waals surface area contributed by atoms with Crippen molar-refractivity contribution in [1.82, 2.24) is 20.1 Å². The van der Waals surface area contributed by atoms with Crippen molar-refractivity contribution in [2.45, 2.75) is 26.2 Å². The van der Waals surface area contributed by atoms with Gasteiger partial charge in [0.25, 0.3) is 0 Å². The molecule has 3 heterocycles. The van der Waals surface area contributed by atoms with Crippen LogP contribution in [0, 0.1) is 24.4 Å². The van der Waals surface area contributed by atoms with Crippen molar-refractivity contribution >= 4 is 5.69 Å². The molecular formula is C22H22F2IrN5. The standard InChI is InChI=1S/C12H14N3.C10H8F2N2.Ir/c1-12(2,3)9-4-6-13-11(8-9)10-5-7-14-15-10;1-13-4-5-14(7-13)10-3-2-8(11)6-9(10)12;/h4-8H,1-3H3;2,4-7H,1H3;/q-1;-2;+3. The van der Waals surface area contributed by atoms with E-state index in [4.69, 9.17) is 0 Å². The Bertz CT molecular complexity index is 983. The fraction of sp³-hybridized carbons (Fsp3) is 0.227. The topological polar surface area (TPSA) is 46.4 Å². The van der Waals surface area contributed by atoms with Crippen LogP contribution >= 0.6 is 0 Å². The molecule has 0 atom stereocenters. The van der Waals surface area contributed by atoms with Crippen molar-refractivity contribution in [1.29, 1.82) is 0 Å². The fourth-order valence-corrected chi connectivity index (χ4v) is 2.62. The first kappa shape index (κ1) is 23.7. The Hall–Kier alpha value is -2.57. The molecule has 5 nitrogen and oxygen atoms in total. The Morgan fingerprint density at radius 2 is 1.87 bits per heavy atom. The molecule has 0 saturated carbocycles. The molecule has 3 aromatic rings. The minimum Gasteiger partial charge on any atom is -0.574 e. The zero-order valence-electron chi connectivity index (χ0n) is 17.1. The van der Waals surface area contributed by atoms with Crippen molar-refractivity contribution in [3.63, 3.8) is 0 Å². The number of pyridine rings is 1. The molecule has 1 aliphatic heterocycles. The first-order valence-electron chi connectivity index (χ1n) is 9.05. The van der Waals surface area contributed by atoms with E-state index in [9.17, 15) is 8.78 Å². The SMILES string of the molecule is CC(C)(C)c1ccnc(-c2ccn[n-]2)c1.CN1C=CN(c2[c-]cc(F)cc2F)[CH-]1.[Ir+3]. The first-order chi connectivity index (χ1) is 13.7. The van der Waals surface area contributed by atoms with E-state index in [-0.39, 0.29) is 31.2 Å². The summed E-state index contributed by atoms with van der Waals surface area (Å²) in [6.45, 7) is 8.22. The van der Waals surface area contributed by atoms with Gasteiger partial charge in [0.05, 0.1) is 0 Å². The van der Waals surface area contributed by atoms with Gasteiger partial charge in [-0.2, -0.15) is 12.7 Å². The summed E-state index contributed by atoms with van der Waals surface area (Å²) in [6.07, 6.45) is 6.94. The molecule has 2 aromatic heterocycles. The summed E-state index contributed by atoms with van der Waals surface area (Å²) in [6, 6.07) is 10.5. The number of anilines is 1. The molecule has 30 heavy (non-hydrogen) atoms. The fourth-order valence-electron chi connectivity index (χ4n) is 2.62. The number of nitrogens with zero attached hydrogens (tertiary/aromatic N) is 5. The Balaban J connectivity index is 0.000000207. The minimum absolute atomic E-state index is 0. The molecule has 0 aliphatic carbocycles. The van der Waals surface area contributed by atoms with Gasteiger partial charge in [-0.3, -0.25) is 13.8 Å². The average molecular weight is 587 g/mol. The van der Waals surface area contributed by atoms with E-state index in [1.54, 1.807) is 30.2 Å². The summed E-state index contributed by atoms with van der Waals surface area (Å²) in [5, 5.41) is 7.80. The van der Waals surface area contributed by atoms with Crippen LogP contribution in [-0.2, 0) is 25.5 Å². The number of hydrogen-bond acceptors (Lipinski definition) is 4.